The smallest absolute Gasteiger partial charge is 0.313 e. The van der Waals surface area contributed by atoms with Gasteiger partial charge in [0.25, 0.3) is 0 Å². The second kappa shape index (κ2) is 10.0. The number of anilines is 1. The first-order valence-corrected chi connectivity index (χ1v) is 9.67. The van der Waals surface area contributed by atoms with Gasteiger partial charge in [0.2, 0.25) is 0 Å². The summed E-state index contributed by atoms with van der Waals surface area (Å²) in [5.74, 6) is -1.24. The molecular formula is C22H27N3O3. The molecule has 2 aromatic carbocycles. The number of carbonyl (C=O) groups is 2. The lowest BCUT2D eigenvalue weighted by Crippen LogP contribution is -2.41. The van der Waals surface area contributed by atoms with E-state index in [1.807, 2.05) is 43.3 Å². The number of benzene rings is 2. The van der Waals surface area contributed by atoms with Crippen LogP contribution in [0.5, 0.6) is 0 Å². The van der Waals surface area contributed by atoms with Crippen LogP contribution in [0.1, 0.15) is 23.7 Å². The van der Waals surface area contributed by atoms with Gasteiger partial charge in [-0.25, -0.2) is 0 Å². The summed E-state index contributed by atoms with van der Waals surface area (Å²) in [6, 6.07) is 17.6. The molecule has 0 aliphatic carbocycles. The Morgan fingerprint density at radius 1 is 1.07 bits per heavy atom. The van der Waals surface area contributed by atoms with E-state index < -0.39 is 11.8 Å². The number of morpholine rings is 1. The van der Waals surface area contributed by atoms with Crippen LogP contribution in [0.2, 0.25) is 0 Å². The average molecular weight is 381 g/mol. The lowest BCUT2D eigenvalue weighted by Gasteiger charge is -2.33. The predicted molar refractivity (Wildman–Crippen MR) is 109 cm³/mol. The minimum absolute atomic E-state index is 0.0874. The lowest BCUT2D eigenvalue weighted by molar-refractivity contribution is -0.136. The van der Waals surface area contributed by atoms with E-state index in [1.165, 1.54) is 5.56 Å². The third kappa shape index (κ3) is 5.65. The van der Waals surface area contributed by atoms with Crippen LogP contribution in [-0.2, 0) is 14.3 Å². The van der Waals surface area contributed by atoms with Gasteiger partial charge in [0, 0.05) is 31.9 Å². The number of amides is 2. The molecule has 0 unspecified atom stereocenters. The molecule has 1 saturated heterocycles. The van der Waals surface area contributed by atoms with Crippen LogP contribution in [0.4, 0.5) is 5.69 Å². The molecule has 6 nitrogen and oxygen atoms in total. The number of aryl methyl sites for hydroxylation is 1. The second-order valence-electron chi connectivity index (χ2n) is 6.95. The standard InChI is InChI=1S/C22H27N3O3/c1-17-8-5-6-11-19(17)24-22(27)21(26)23-12-7-13-25-14-15-28-20(16-25)18-9-3-2-4-10-18/h2-6,8-11,20H,7,12-16H2,1H3,(H,23,26)(H,24,27)/t20-/m1/s1. The zero-order valence-electron chi connectivity index (χ0n) is 16.2. The normalized spacial score (nSPS) is 17.1. The van der Waals surface area contributed by atoms with E-state index >= 15 is 0 Å². The van der Waals surface area contributed by atoms with Gasteiger partial charge < -0.3 is 15.4 Å². The Morgan fingerprint density at radius 3 is 2.61 bits per heavy atom. The van der Waals surface area contributed by atoms with Gasteiger partial charge in [-0.3, -0.25) is 14.5 Å². The summed E-state index contributed by atoms with van der Waals surface area (Å²) in [6.07, 6.45) is 0.870. The summed E-state index contributed by atoms with van der Waals surface area (Å²) < 4.78 is 5.87. The number of hydrogen-bond donors (Lipinski definition) is 2. The summed E-state index contributed by atoms with van der Waals surface area (Å²) in [6.45, 7) is 5.62. The Balaban J connectivity index is 1.37. The summed E-state index contributed by atoms with van der Waals surface area (Å²) in [5, 5.41) is 5.34. The largest absolute Gasteiger partial charge is 0.371 e. The van der Waals surface area contributed by atoms with E-state index in [4.69, 9.17) is 4.74 Å². The van der Waals surface area contributed by atoms with Crippen molar-refractivity contribution in [3.05, 3.63) is 65.7 Å². The molecule has 2 N–H and O–H groups in total. The van der Waals surface area contributed by atoms with Crippen molar-refractivity contribution in [3.8, 4) is 0 Å². The zero-order valence-corrected chi connectivity index (χ0v) is 16.2. The van der Waals surface area contributed by atoms with Crippen LogP contribution in [0.3, 0.4) is 0 Å². The highest BCUT2D eigenvalue weighted by molar-refractivity contribution is 6.39. The number of nitrogens with one attached hydrogen (secondary N) is 2. The number of ether oxygens (including phenoxy) is 1. The van der Waals surface area contributed by atoms with E-state index in [0.717, 1.165) is 31.6 Å². The molecule has 0 aromatic heterocycles. The fourth-order valence-electron chi connectivity index (χ4n) is 3.25. The first kappa shape index (κ1) is 20.0. The fourth-order valence-corrected chi connectivity index (χ4v) is 3.25. The molecule has 0 spiro atoms. The van der Waals surface area contributed by atoms with Gasteiger partial charge in [-0.15, -0.1) is 0 Å². The third-order valence-corrected chi connectivity index (χ3v) is 4.86. The van der Waals surface area contributed by atoms with Crippen LogP contribution in [0, 0.1) is 6.92 Å². The maximum absolute atomic E-state index is 12.0. The van der Waals surface area contributed by atoms with Crippen molar-refractivity contribution in [2.45, 2.75) is 19.4 Å². The summed E-state index contributed by atoms with van der Waals surface area (Å²) in [4.78, 5) is 26.3. The number of para-hydroxylation sites is 1. The maximum atomic E-state index is 12.0. The average Bonchev–Trinajstić information content (AvgIpc) is 2.73. The Kier molecular flexibility index (Phi) is 7.17. The van der Waals surface area contributed by atoms with E-state index in [9.17, 15) is 9.59 Å². The highest BCUT2D eigenvalue weighted by atomic mass is 16.5. The predicted octanol–water partition coefficient (Wildman–Crippen LogP) is 2.51. The van der Waals surface area contributed by atoms with Crippen molar-refractivity contribution < 1.29 is 14.3 Å². The van der Waals surface area contributed by atoms with E-state index in [-0.39, 0.29) is 6.10 Å². The molecule has 1 fully saturated rings. The highest BCUT2D eigenvalue weighted by Gasteiger charge is 2.21. The first-order chi connectivity index (χ1) is 13.6. The van der Waals surface area contributed by atoms with E-state index in [1.54, 1.807) is 6.07 Å². The second-order valence-corrected chi connectivity index (χ2v) is 6.95. The molecule has 1 aliphatic heterocycles. The fraction of sp³-hybridized carbons (Fsp3) is 0.364. The number of carbonyl (C=O) groups excluding carboxylic acids is 2. The van der Waals surface area contributed by atoms with Crippen LogP contribution in [0.15, 0.2) is 54.6 Å². The van der Waals surface area contributed by atoms with Gasteiger partial charge in [0.1, 0.15) is 0 Å². The van der Waals surface area contributed by atoms with Gasteiger partial charge in [-0.1, -0.05) is 48.5 Å². The van der Waals surface area contributed by atoms with Crippen molar-refractivity contribution in [1.82, 2.24) is 10.2 Å². The summed E-state index contributed by atoms with van der Waals surface area (Å²) in [5.41, 5.74) is 2.76. The van der Waals surface area contributed by atoms with Crippen molar-refractivity contribution in [3.63, 3.8) is 0 Å². The molecule has 1 atom stereocenters. The van der Waals surface area contributed by atoms with Crippen molar-refractivity contribution in [2.75, 3.05) is 38.1 Å². The molecule has 6 heteroatoms. The molecule has 0 bridgehead atoms. The number of nitrogens with zero attached hydrogens (tertiary/aromatic N) is 1. The van der Waals surface area contributed by atoms with Gasteiger partial charge in [0.15, 0.2) is 0 Å². The van der Waals surface area contributed by atoms with Gasteiger partial charge in [-0.05, 0) is 30.5 Å². The van der Waals surface area contributed by atoms with Crippen LogP contribution in [0.25, 0.3) is 0 Å². The molecule has 0 radical (unpaired) electrons. The topological polar surface area (TPSA) is 70.7 Å². The Hall–Kier alpha value is -2.70. The van der Waals surface area contributed by atoms with Crippen LogP contribution >= 0.6 is 0 Å². The first-order valence-electron chi connectivity index (χ1n) is 9.67. The molecule has 1 heterocycles. The van der Waals surface area contributed by atoms with E-state index in [0.29, 0.717) is 18.8 Å². The molecule has 28 heavy (non-hydrogen) atoms. The Labute approximate surface area is 165 Å². The number of rotatable bonds is 6. The Bertz CT molecular complexity index is 795. The monoisotopic (exact) mass is 381 g/mol. The van der Waals surface area contributed by atoms with Gasteiger partial charge in [-0.2, -0.15) is 0 Å². The molecule has 0 saturated carbocycles. The molecule has 3 rings (SSSR count). The summed E-state index contributed by atoms with van der Waals surface area (Å²) in [7, 11) is 0. The van der Waals surface area contributed by atoms with Gasteiger partial charge in [0.05, 0.1) is 12.7 Å². The quantitative estimate of drug-likeness (QED) is 0.596. The molecule has 2 aromatic rings. The SMILES string of the molecule is Cc1ccccc1NC(=O)C(=O)NCCCN1CCO[C@@H](c2ccccc2)C1. The molecule has 2 amide bonds. The number of hydrogen-bond acceptors (Lipinski definition) is 4. The maximum Gasteiger partial charge on any atom is 0.313 e. The van der Waals surface area contributed by atoms with Crippen molar-refractivity contribution in [2.24, 2.45) is 0 Å². The molecule has 148 valence electrons. The lowest BCUT2D eigenvalue weighted by atomic mass is 10.1. The highest BCUT2D eigenvalue weighted by Crippen LogP contribution is 2.21. The minimum Gasteiger partial charge on any atom is -0.371 e. The molecule has 1 aliphatic rings. The zero-order chi connectivity index (χ0) is 19.8. The minimum atomic E-state index is -0.634. The Morgan fingerprint density at radius 2 is 1.82 bits per heavy atom. The van der Waals surface area contributed by atoms with Crippen molar-refractivity contribution >= 4 is 17.5 Å². The van der Waals surface area contributed by atoms with Crippen LogP contribution < -0.4 is 10.6 Å². The van der Waals surface area contributed by atoms with Gasteiger partial charge >= 0.3 is 11.8 Å². The van der Waals surface area contributed by atoms with E-state index in [2.05, 4.69) is 27.7 Å². The molecular weight excluding hydrogens is 354 g/mol. The third-order valence-electron chi connectivity index (χ3n) is 4.86. The van der Waals surface area contributed by atoms with Crippen LogP contribution in [-0.4, -0.2) is 49.5 Å². The van der Waals surface area contributed by atoms with Crippen molar-refractivity contribution in [1.29, 1.82) is 0 Å². The summed E-state index contributed by atoms with van der Waals surface area (Å²) >= 11 is 0.